The molecule has 9 heteroatoms. The first-order valence-electron chi connectivity index (χ1n) is 1.62. The van der Waals surface area contributed by atoms with Gasteiger partial charge in [-0.25, -0.2) is 10.4 Å². The second-order valence-corrected chi connectivity index (χ2v) is 0.726. The summed E-state index contributed by atoms with van der Waals surface area (Å²) >= 11 is 0. The van der Waals surface area contributed by atoms with Crippen LogP contribution in [0.4, 0.5) is 0 Å². The molecule has 0 aromatic heterocycles. The quantitative estimate of drug-likeness (QED) is 0.387. The molecule has 0 amide bonds. The molecular formula is H3N7O2. The molecule has 0 aromatic rings. The normalized spacial score (nSPS) is 10.9. The van der Waals surface area contributed by atoms with Crippen LogP contribution >= 0.6 is 0 Å². The van der Waals surface area contributed by atoms with Gasteiger partial charge in [0.25, 0.3) is 0 Å². The average Bonchev–Trinajstić information content (AvgIpc) is 1.80. The lowest BCUT2D eigenvalue weighted by Gasteiger charge is -1.89. The van der Waals surface area contributed by atoms with E-state index in [0.29, 0.717) is 0 Å². The Bertz CT molecular complexity index is 123. The Kier molecular flexibility index (Phi) is 3.90. The summed E-state index contributed by atoms with van der Waals surface area (Å²) in [5.74, 6) is 0. The molecule has 9 heavy (non-hydrogen) atoms. The summed E-state index contributed by atoms with van der Waals surface area (Å²) < 4.78 is 0. The molecule has 0 saturated heterocycles. The first-order valence-corrected chi connectivity index (χ1v) is 1.62. The van der Waals surface area contributed by atoms with Crippen molar-refractivity contribution in [1.29, 1.82) is 5.53 Å². The van der Waals surface area contributed by atoms with Gasteiger partial charge in [-0.2, -0.15) is 5.53 Å². The predicted octanol–water partition coefficient (Wildman–Crippen LogP) is 0.747. The zero-order chi connectivity index (χ0) is 7.11. The lowest BCUT2D eigenvalue weighted by molar-refractivity contribution is -0.313. The summed E-state index contributed by atoms with van der Waals surface area (Å²) in [7, 11) is 0. The van der Waals surface area contributed by atoms with Gasteiger partial charge in [0.15, 0.2) is 0 Å². The minimum Gasteiger partial charge on any atom is -0.246 e. The minimum absolute atomic E-state index is 0.553. The first kappa shape index (κ1) is 7.52. The molecule has 0 radical (unpaired) electrons. The second kappa shape index (κ2) is 4.67. The third-order valence-electron chi connectivity index (χ3n) is 0.245. The van der Waals surface area contributed by atoms with E-state index in [1.807, 2.05) is 0 Å². The highest BCUT2D eigenvalue weighted by Crippen LogP contribution is 1.81. The molecule has 0 atom stereocenters. The Morgan fingerprint density at radius 2 is 1.78 bits per heavy atom. The van der Waals surface area contributed by atoms with Crippen molar-refractivity contribution in [3.63, 3.8) is 0 Å². The molecule has 0 unspecified atom stereocenters. The summed E-state index contributed by atoms with van der Waals surface area (Å²) in [5, 5.41) is 28.0. The summed E-state index contributed by atoms with van der Waals surface area (Å²) in [6, 6.07) is 0. The van der Waals surface area contributed by atoms with Crippen LogP contribution in [-0.4, -0.2) is 15.8 Å². The van der Waals surface area contributed by atoms with Gasteiger partial charge in [0, 0.05) is 10.4 Å². The Morgan fingerprint density at radius 3 is 2.22 bits per heavy atom. The van der Waals surface area contributed by atoms with E-state index < -0.39 is 5.34 Å². The molecule has 3 N–H and O–H groups in total. The fraction of sp³-hybridized carbons (Fsp3) is 0. The van der Waals surface area contributed by atoms with Gasteiger partial charge < -0.3 is 0 Å². The van der Waals surface area contributed by atoms with E-state index in [0.717, 1.165) is 0 Å². The Hall–Kier alpha value is -1.48. The van der Waals surface area contributed by atoms with Gasteiger partial charge in [0.05, 0.1) is 0 Å². The third-order valence-corrected chi connectivity index (χ3v) is 0.245. The number of hydrogen-bond donors (Lipinski definition) is 3. The van der Waals surface area contributed by atoms with Crippen LogP contribution in [0.1, 0.15) is 0 Å². The highest BCUT2D eigenvalue weighted by Gasteiger charge is 1.77. The fourth-order valence-corrected chi connectivity index (χ4v) is 0.0916. The molecule has 0 bridgehead atoms. The van der Waals surface area contributed by atoms with Crippen LogP contribution in [0.5, 0.6) is 0 Å². The van der Waals surface area contributed by atoms with E-state index in [2.05, 4.69) is 26.1 Å². The van der Waals surface area contributed by atoms with Crippen LogP contribution in [0.3, 0.4) is 0 Å². The number of nitrogens with one attached hydrogen (secondary N) is 1. The van der Waals surface area contributed by atoms with Crippen LogP contribution < -0.4 is 0 Å². The van der Waals surface area contributed by atoms with E-state index in [4.69, 9.17) is 15.9 Å². The Balaban J connectivity index is 3.46. The van der Waals surface area contributed by atoms with Crippen molar-refractivity contribution >= 4 is 0 Å². The van der Waals surface area contributed by atoms with Crippen molar-refractivity contribution < 1.29 is 10.4 Å². The first-order chi connectivity index (χ1) is 4.27. The van der Waals surface area contributed by atoms with Crippen LogP contribution in [-0.2, 0) is 0 Å². The molecule has 0 rings (SSSR count). The predicted molar refractivity (Wildman–Crippen MR) is 20.3 cm³/mol. The van der Waals surface area contributed by atoms with Crippen molar-refractivity contribution in [3.8, 4) is 0 Å². The lowest BCUT2D eigenvalue weighted by atomic mass is 12.4. The Labute approximate surface area is 48.7 Å². The molecule has 0 saturated carbocycles. The number of nitrogens with zero attached hydrogens (tertiary/aromatic N) is 6. The number of hydrogen-bond acceptors (Lipinski definition) is 4. The fourth-order valence-electron chi connectivity index (χ4n) is 0.0916. The van der Waals surface area contributed by atoms with Gasteiger partial charge >= 0.3 is 0 Å². The molecule has 0 aliphatic rings. The molecule has 0 heterocycles. The van der Waals surface area contributed by atoms with Crippen LogP contribution in [0.25, 0.3) is 0 Å². The highest BCUT2D eigenvalue weighted by molar-refractivity contribution is 4.00. The second-order valence-electron chi connectivity index (χ2n) is 0.726. The zero-order valence-electron chi connectivity index (χ0n) is 4.08. The summed E-state index contributed by atoms with van der Waals surface area (Å²) in [6.45, 7) is 0. The third kappa shape index (κ3) is 6.52. The zero-order valence-corrected chi connectivity index (χ0v) is 4.08. The van der Waals surface area contributed by atoms with E-state index in [9.17, 15) is 0 Å². The monoisotopic (exact) mass is 133 g/mol. The standard InChI is InChI=1S/H3N7O2/c1-2-3-4-5-6-7(8)9/h1,8-9H/b2-1?,4-3+,6-5+. The molecule has 0 spiro atoms. The van der Waals surface area contributed by atoms with E-state index in [1.54, 1.807) is 0 Å². The SMILES string of the molecule is N=N/N=N/N=N/N(O)O. The molecule has 0 aromatic carbocycles. The van der Waals surface area contributed by atoms with Crippen molar-refractivity contribution in [1.82, 2.24) is 5.34 Å². The molecule has 0 fully saturated rings. The smallest absolute Gasteiger partial charge is 0.00515 e. The van der Waals surface area contributed by atoms with Gasteiger partial charge in [-0.15, -0.1) is 0 Å². The minimum atomic E-state index is -0.553. The summed E-state index contributed by atoms with van der Waals surface area (Å²) in [4.78, 5) is 0. The van der Waals surface area contributed by atoms with E-state index >= 15 is 0 Å². The van der Waals surface area contributed by atoms with Crippen molar-refractivity contribution in [3.05, 3.63) is 0 Å². The maximum absolute atomic E-state index is 7.80. The average molecular weight is 133 g/mol. The summed E-state index contributed by atoms with van der Waals surface area (Å²) in [5.41, 5.74) is 6.01. The molecular weight excluding hydrogens is 130 g/mol. The molecule has 9 nitrogen and oxygen atoms in total. The van der Waals surface area contributed by atoms with Gasteiger partial charge in [-0.1, -0.05) is 0 Å². The van der Waals surface area contributed by atoms with Crippen LogP contribution in [0, 0.1) is 5.53 Å². The van der Waals surface area contributed by atoms with E-state index in [-0.39, 0.29) is 0 Å². The van der Waals surface area contributed by atoms with Gasteiger partial charge in [0.2, 0.25) is 0 Å². The maximum Gasteiger partial charge on any atom is 0.00515 e. The van der Waals surface area contributed by atoms with Crippen LogP contribution in [0.2, 0.25) is 0 Å². The van der Waals surface area contributed by atoms with Crippen molar-refractivity contribution in [2.45, 2.75) is 0 Å². The van der Waals surface area contributed by atoms with E-state index in [1.165, 1.54) is 0 Å². The largest absolute Gasteiger partial charge is 0.246 e. The van der Waals surface area contributed by atoms with Gasteiger partial charge in [-0.05, 0) is 21.0 Å². The topological polar surface area (TPSA) is 129 Å². The maximum atomic E-state index is 7.80. The Morgan fingerprint density at radius 1 is 1.11 bits per heavy atom. The number of rotatable bonds is 3. The molecule has 0 aliphatic carbocycles. The van der Waals surface area contributed by atoms with Gasteiger partial charge in [0.1, 0.15) is 0 Å². The molecule has 50 valence electrons. The van der Waals surface area contributed by atoms with Crippen molar-refractivity contribution in [2.24, 2.45) is 26.1 Å². The lowest BCUT2D eigenvalue weighted by Crippen LogP contribution is -2.01. The van der Waals surface area contributed by atoms with Gasteiger partial charge in [-0.3, -0.25) is 0 Å². The van der Waals surface area contributed by atoms with Crippen LogP contribution in [0.15, 0.2) is 26.1 Å². The highest BCUT2D eigenvalue weighted by atomic mass is 16.8. The van der Waals surface area contributed by atoms with Crippen molar-refractivity contribution in [2.75, 3.05) is 0 Å². The summed E-state index contributed by atoms with van der Waals surface area (Å²) in [6.07, 6.45) is 0. The molecule has 0 aliphatic heterocycles.